The quantitative estimate of drug-likeness (QED) is 0.659. The van der Waals surface area contributed by atoms with Crippen LogP contribution in [0.5, 0.6) is 0 Å². The molecule has 0 aromatic heterocycles. The summed E-state index contributed by atoms with van der Waals surface area (Å²) in [5, 5.41) is 10.1. The molecule has 24 heavy (non-hydrogen) atoms. The second-order valence-electron chi connectivity index (χ2n) is 8.70. The van der Waals surface area contributed by atoms with Crippen molar-refractivity contribution in [3.63, 3.8) is 0 Å². The van der Waals surface area contributed by atoms with Gasteiger partial charge in [-0.05, 0) is 66.4 Å². The van der Waals surface area contributed by atoms with Crippen LogP contribution >= 0.6 is 0 Å². The highest BCUT2D eigenvalue weighted by Gasteiger charge is 2.56. The number of rotatable bonds is 5. The molecule has 2 fully saturated rings. The number of nitrogens with two attached hydrogens (primary N) is 1. The summed E-state index contributed by atoms with van der Waals surface area (Å²) in [6, 6.07) is 10.6. The number of fused-ring (bicyclic) bond motifs is 2. The summed E-state index contributed by atoms with van der Waals surface area (Å²) in [7, 11) is 0. The van der Waals surface area contributed by atoms with Crippen LogP contribution in [0.4, 0.5) is 0 Å². The molecule has 1 aromatic rings. The molecule has 2 aliphatic carbocycles. The smallest absolute Gasteiger partial charge is 0.294 e. The minimum Gasteiger partial charge on any atom is -0.330 e. The van der Waals surface area contributed by atoms with E-state index in [1.165, 1.54) is 5.56 Å². The molecule has 4 atom stereocenters. The van der Waals surface area contributed by atoms with Gasteiger partial charge in [0.1, 0.15) is 6.61 Å². The lowest BCUT2D eigenvalue weighted by Crippen LogP contribution is -2.55. The second-order valence-corrected chi connectivity index (χ2v) is 8.70. The Hall–Kier alpha value is -1.62. The lowest BCUT2D eigenvalue weighted by Gasteiger charge is -2.60. The maximum absolute atomic E-state index is 10.7. The van der Waals surface area contributed by atoms with Crippen molar-refractivity contribution < 1.29 is 9.92 Å². The zero-order valence-corrected chi connectivity index (χ0v) is 14.7. The first-order valence-corrected chi connectivity index (χ1v) is 8.83. The number of hydrogen-bond donors (Lipinski definition) is 1. The minimum absolute atomic E-state index is 0.0469. The Morgan fingerprint density at radius 2 is 1.96 bits per heavy atom. The van der Waals surface area contributed by atoms with Crippen LogP contribution < -0.4 is 5.73 Å². The summed E-state index contributed by atoms with van der Waals surface area (Å²) in [5.74, 6) is 0.614. The topological polar surface area (TPSA) is 78.4 Å². The fourth-order valence-electron chi connectivity index (χ4n) is 6.05. The van der Waals surface area contributed by atoms with Gasteiger partial charge in [-0.3, -0.25) is 0 Å². The molecule has 0 heterocycles. The monoisotopic (exact) mass is 332 g/mol. The molecular weight excluding hydrogens is 304 g/mol. The van der Waals surface area contributed by atoms with Crippen molar-refractivity contribution in [2.75, 3.05) is 13.2 Å². The molecule has 0 saturated heterocycles. The van der Waals surface area contributed by atoms with Gasteiger partial charge in [0.15, 0.2) is 0 Å². The van der Waals surface area contributed by atoms with E-state index < -0.39 is 5.09 Å². The van der Waals surface area contributed by atoms with Crippen molar-refractivity contribution >= 4 is 0 Å². The van der Waals surface area contributed by atoms with Crippen LogP contribution in [0.3, 0.4) is 0 Å². The van der Waals surface area contributed by atoms with Crippen molar-refractivity contribution in [1.29, 1.82) is 0 Å². The average Bonchev–Trinajstić information content (AvgIpc) is 2.53. The first-order chi connectivity index (χ1) is 11.3. The van der Waals surface area contributed by atoms with Crippen molar-refractivity contribution in [2.45, 2.75) is 51.4 Å². The van der Waals surface area contributed by atoms with Crippen LogP contribution in [-0.4, -0.2) is 18.2 Å². The van der Waals surface area contributed by atoms with Crippen LogP contribution in [0.2, 0.25) is 0 Å². The molecule has 132 valence electrons. The molecule has 5 nitrogen and oxygen atoms in total. The van der Waals surface area contributed by atoms with Crippen molar-refractivity contribution in [2.24, 2.45) is 22.5 Å². The molecule has 2 N–H and O–H groups in total. The highest BCUT2D eigenvalue weighted by atomic mass is 16.9. The first kappa shape index (κ1) is 17.2. The molecule has 0 amide bonds. The van der Waals surface area contributed by atoms with Gasteiger partial charge in [0.25, 0.3) is 5.09 Å². The van der Waals surface area contributed by atoms with Crippen molar-refractivity contribution in [1.82, 2.24) is 0 Å². The Labute approximate surface area is 143 Å². The van der Waals surface area contributed by atoms with E-state index in [2.05, 4.69) is 38.1 Å². The van der Waals surface area contributed by atoms with Gasteiger partial charge in [0.05, 0.1) is 0 Å². The normalized spacial score (nSPS) is 38.5. The summed E-state index contributed by atoms with van der Waals surface area (Å²) in [5.41, 5.74) is 7.48. The van der Waals surface area contributed by atoms with E-state index in [4.69, 9.17) is 10.6 Å². The van der Waals surface area contributed by atoms with E-state index in [1.54, 1.807) is 0 Å². The summed E-state index contributed by atoms with van der Waals surface area (Å²) < 4.78 is 0. The van der Waals surface area contributed by atoms with Gasteiger partial charge in [-0.2, -0.15) is 0 Å². The Morgan fingerprint density at radius 3 is 2.58 bits per heavy atom. The summed E-state index contributed by atoms with van der Waals surface area (Å²) in [4.78, 5) is 15.6. The molecule has 3 rings (SSSR count). The van der Waals surface area contributed by atoms with Gasteiger partial charge >= 0.3 is 0 Å². The lowest BCUT2D eigenvalue weighted by molar-refractivity contribution is -0.761. The lowest BCUT2D eigenvalue weighted by atomic mass is 9.45. The minimum atomic E-state index is -0.664. The first-order valence-electron chi connectivity index (χ1n) is 8.83. The zero-order chi connectivity index (χ0) is 17.4. The maximum Gasteiger partial charge on any atom is 0.294 e. The van der Waals surface area contributed by atoms with Gasteiger partial charge in [-0.25, -0.2) is 0 Å². The Morgan fingerprint density at radius 1 is 1.25 bits per heavy atom. The molecule has 2 aliphatic rings. The predicted molar refractivity (Wildman–Crippen MR) is 92.9 cm³/mol. The van der Waals surface area contributed by atoms with Gasteiger partial charge in [-0.1, -0.05) is 44.2 Å². The third-order valence-electron chi connectivity index (χ3n) is 6.14. The molecule has 5 heteroatoms. The second kappa shape index (κ2) is 6.03. The van der Waals surface area contributed by atoms with E-state index in [0.29, 0.717) is 12.5 Å². The van der Waals surface area contributed by atoms with E-state index in [-0.39, 0.29) is 22.9 Å². The molecule has 1 aromatic carbocycles. The van der Waals surface area contributed by atoms with Crippen LogP contribution in [0.25, 0.3) is 0 Å². The highest BCUT2D eigenvalue weighted by molar-refractivity contribution is 5.30. The van der Waals surface area contributed by atoms with Gasteiger partial charge in [-0.15, -0.1) is 10.1 Å². The maximum atomic E-state index is 10.7. The van der Waals surface area contributed by atoms with Gasteiger partial charge in [0, 0.05) is 0 Å². The van der Waals surface area contributed by atoms with Crippen molar-refractivity contribution in [3.05, 3.63) is 46.0 Å². The Kier molecular flexibility index (Phi) is 4.32. The third-order valence-corrected chi connectivity index (χ3v) is 6.14. The number of hydrogen-bond acceptors (Lipinski definition) is 4. The summed E-state index contributed by atoms with van der Waals surface area (Å²) in [6.07, 6.45) is 5.13. The third kappa shape index (κ3) is 3.14. The molecule has 0 aliphatic heterocycles. The summed E-state index contributed by atoms with van der Waals surface area (Å²) >= 11 is 0. The van der Waals surface area contributed by atoms with Crippen LogP contribution in [0, 0.1) is 26.9 Å². The van der Waals surface area contributed by atoms with Crippen LogP contribution in [0.15, 0.2) is 30.3 Å². The fraction of sp³-hybridized carbons (Fsp3) is 0.684. The Bertz CT molecular complexity index is 608. The number of benzene rings is 1. The molecular formula is C19H28N2O3. The molecule has 4 unspecified atom stereocenters. The van der Waals surface area contributed by atoms with E-state index in [0.717, 1.165) is 32.1 Å². The predicted octanol–water partition coefficient (Wildman–Crippen LogP) is 3.70. The number of nitrogens with zero attached hydrogens (tertiary/aromatic N) is 1. The average molecular weight is 332 g/mol. The van der Waals surface area contributed by atoms with E-state index >= 15 is 0 Å². The van der Waals surface area contributed by atoms with Crippen molar-refractivity contribution in [3.8, 4) is 0 Å². The molecule has 2 saturated carbocycles. The highest BCUT2D eigenvalue weighted by Crippen LogP contribution is 2.62. The zero-order valence-electron chi connectivity index (χ0n) is 14.7. The van der Waals surface area contributed by atoms with Crippen LogP contribution in [0.1, 0.15) is 51.5 Å². The Balaban J connectivity index is 2.00. The summed E-state index contributed by atoms with van der Waals surface area (Å²) in [6.45, 7) is 5.25. The van der Waals surface area contributed by atoms with Crippen LogP contribution in [-0.2, 0) is 10.3 Å². The van der Waals surface area contributed by atoms with E-state index in [1.807, 2.05) is 6.07 Å². The standard InChI is InChI=1S/C19H28N2O3/c1-15-8-18(13-20)10-17(2,14-24-21(22)23)11-19(9-15,12-18)16-6-4-3-5-7-16/h3-7,15H,8-14,20H2,1-2H3. The largest absolute Gasteiger partial charge is 0.330 e. The van der Waals surface area contributed by atoms with E-state index in [9.17, 15) is 10.1 Å². The molecule has 2 bridgehead atoms. The SMILES string of the molecule is CC1CC2(CN)CC(C)(CO[N+](=O)[O-])CC(c3ccccc3)(C1)C2. The fourth-order valence-corrected chi connectivity index (χ4v) is 6.05. The van der Waals surface area contributed by atoms with Gasteiger partial charge in [0.2, 0.25) is 0 Å². The molecule has 0 radical (unpaired) electrons. The van der Waals surface area contributed by atoms with Gasteiger partial charge < -0.3 is 10.6 Å². The molecule has 0 spiro atoms.